The highest BCUT2D eigenvalue weighted by Gasteiger charge is 2.40. The molecule has 0 aromatic rings. The normalized spacial score (nSPS) is 11.5. The predicted molar refractivity (Wildman–Crippen MR) is 28.8 cm³/mol. The Kier molecular flexibility index (Phi) is 3.21. The van der Waals surface area contributed by atoms with Gasteiger partial charge < -0.3 is 9.84 Å². The van der Waals surface area contributed by atoms with Crippen LogP contribution < -0.4 is 0 Å². The van der Waals surface area contributed by atoms with Gasteiger partial charge in [0.15, 0.2) is 0 Å². The predicted octanol–water partition coefficient (Wildman–Crippen LogP) is 1.09. The van der Waals surface area contributed by atoms with Crippen LogP contribution in [0.2, 0.25) is 0 Å². The van der Waals surface area contributed by atoms with Crippen molar-refractivity contribution in [1.29, 1.82) is 0 Å². The van der Waals surface area contributed by atoms with Crippen LogP contribution in [0.4, 0.5) is 8.78 Å². The van der Waals surface area contributed by atoms with Gasteiger partial charge in [-0.1, -0.05) is 6.92 Å². The zero-order chi connectivity index (χ0) is 8.20. The summed E-state index contributed by atoms with van der Waals surface area (Å²) < 4.78 is 27.5. The van der Waals surface area contributed by atoms with Crippen LogP contribution in [0.1, 0.15) is 13.3 Å². The minimum Gasteiger partial charge on any atom is -0.475 e. The topological polar surface area (TPSA) is 46.5 Å². The first-order valence-electron chi connectivity index (χ1n) is 2.76. The molecular weight excluding hydrogens is 146 g/mol. The Morgan fingerprint density at radius 3 is 2.50 bits per heavy atom. The highest BCUT2D eigenvalue weighted by atomic mass is 19.3. The van der Waals surface area contributed by atoms with E-state index < -0.39 is 12.1 Å². The molecule has 0 heterocycles. The third kappa shape index (κ3) is 2.72. The van der Waals surface area contributed by atoms with Gasteiger partial charge in [-0.3, -0.25) is 0 Å². The van der Waals surface area contributed by atoms with E-state index in [2.05, 4.69) is 4.74 Å². The van der Waals surface area contributed by atoms with Crippen molar-refractivity contribution in [3.8, 4) is 0 Å². The molecule has 0 unspecified atom stereocenters. The molecule has 0 aliphatic carbocycles. The number of aliphatic carboxylic acids is 1. The van der Waals surface area contributed by atoms with Gasteiger partial charge >= 0.3 is 12.1 Å². The van der Waals surface area contributed by atoms with Crippen molar-refractivity contribution in [3.05, 3.63) is 0 Å². The van der Waals surface area contributed by atoms with Crippen molar-refractivity contribution in [1.82, 2.24) is 0 Å². The maximum Gasteiger partial charge on any atom is 0.455 e. The van der Waals surface area contributed by atoms with Crippen molar-refractivity contribution in [3.63, 3.8) is 0 Å². The van der Waals surface area contributed by atoms with E-state index in [9.17, 15) is 13.6 Å². The lowest BCUT2D eigenvalue weighted by Gasteiger charge is -2.09. The van der Waals surface area contributed by atoms with Crippen LogP contribution in [0, 0.1) is 0 Å². The van der Waals surface area contributed by atoms with E-state index in [4.69, 9.17) is 5.11 Å². The lowest BCUT2D eigenvalue weighted by Crippen LogP contribution is -2.31. The molecule has 0 atom stereocenters. The summed E-state index contributed by atoms with van der Waals surface area (Å²) >= 11 is 0. The van der Waals surface area contributed by atoms with Crippen LogP contribution in [0.25, 0.3) is 0 Å². The van der Waals surface area contributed by atoms with Gasteiger partial charge in [-0.05, 0) is 6.42 Å². The zero-order valence-corrected chi connectivity index (χ0v) is 5.43. The van der Waals surface area contributed by atoms with E-state index in [-0.39, 0.29) is 6.61 Å². The summed E-state index contributed by atoms with van der Waals surface area (Å²) in [4.78, 5) is 9.65. The van der Waals surface area contributed by atoms with Gasteiger partial charge in [-0.2, -0.15) is 8.78 Å². The summed E-state index contributed by atoms with van der Waals surface area (Å²) in [7, 11) is 0. The molecule has 1 N–H and O–H groups in total. The number of ether oxygens (including phenoxy) is 1. The minimum atomic E-state index is -4.03. The monoisotopic (exact) mass is 154 g/mol. The molecule has 0 spiro atoms. The Morgan fingerprint density at radius 2 is 2.20 bits per heavy atom. The molecule has 0 aliphatic heterocycles. The fourth-order valence-corrected chi connectivity index (χ4v) is 0.292. The second-order valence-corrected chi connectivity index (χ2v) is 1.67. The van der Waals surface area contributed by atoms with Gasteiger partial charge in [-0.15, -0.1) is 0 Å². The quantitative estimate of drug-likeness (QED) is 0.659. The third-order valence-corrected chi connectivity index (χ3v) is 0.736. The molecule has 0 amide bonds. The highest BCUT2D eigenvalue weighted by Crippen LogP contribution is 2.14. The molecule has 60 valence electrons. The summed E-state index contributed by atoms with van der Waals surface area (Å²) in [5.74, 6) is -2.25. The van der Waals surface area contributed by atoms with Gasteiger partial charge in [0, 0.05) is 0 Å². The number of carboxylic acid groups (broad SMARTS) is 1. The molecule has 3 nitrogen and oxygen atoms in total. The molecule has 0 aromatic carbocycles. The van der Waals surface area contributed by atoms with E-state index in [1.807, 2.05) is 0 Å². The first kappa shape index (κ1) is 9.29. The van der Waals surface area contributed by atoms with Crippen LogP contribution in [0.5, 0.6) is 0 Å². The highest BCUT2D eigenvalue weighted by molar-refractivity contribution is 5.73. The molecule has 0 fully saturated rings. The maximum atomic E-state index is 11.9. The smallest absolute Gasteiger partial charge is 0.455 e. The summed E-state index contributed by atoms with van der Waals surface area (Å²) in [6.45, 7) is 1.36. The minimum absolute atomic E-state index is 0.251. The Labute approximate surface area is 56.6 Å². The van der Waals surface area contributed by atoms with Crippen LogP contribution in [-0.2, 0) is 9.53 Å². The molecule has 0 saturated carbocycles. The molecule has 0 aliphatic rings. The summed E-state index contributed by atoms with van der Waals surface area (Å²) in [6, 6.07) is 0. The van der Waals surface area contributed by atoms with E-state index in [1.165, 1.54) is 0 Å². The number of carboxylic acids is 1. The number of alkyl halides is 2. The molecular formula is C5H8F2O3. The van der Waals surface area contributed by atoms with Crippen LogP contribution in [0.3, 0.4) is 0 Å². The standard InChI is InChI=1S/C5H8F2O3/c1-2-3-10-5(6,7)4(8)9/h2-3H2,1H3,(H,8,9). The molecule has 0 radical (unpaired) electrons. The lowest BCUT2D eigenvalue weighted by atomic mass is 10.5. The average Bonchev–Trinajstić information content (AvgIpc) is 1.84. The summed E-state index contributed by atoms with van der Waals surface area (Å²) in [6.07, 6.45) is -3.67. The fourth-order valence-electron chi connectivity index (χ4n) is 0.292. The van der Waals surface area contributed by atoms with Crippen LogP contribution >= 0.6 is 0 Å². The van der Waals surface area contributed by atoms with Gasteiger partial charge in [0.25, 0.3) is 0 Å². The Hall–Kier alpha value is -0.710. The molecule has 0 saturated heterocycles. The van der Waals surface area contributed by atoms with E-state index >= 15 is 0 Å². The molecule has 0 aromatic heterocycles. The number of carbonyl (C=O) groups is 1. The van der Waals surface area contributed by atoms with Crippen LogP contribution in [-0.4, -0.2) is 23.8 Å². The molecule has 0 bridgehead atoms. The molecule has 5 heteroatoms. The Bertz CT molecular complexity index is 124. The van der Waals surface area contributed by atoms with E-state index in [0.717, 1.165) is 0 Å². The number of hydrogen-bond donors (Lipinski definition) is 1. The third-order valence-electron chi connectivity index (χ3n) is 0.736. The lowest BCUT2D eigenvalue weighted by molar-refractivity contribution is -0.245. The Balaban J connectivity index is 3.75. The van der Waals surface area contributed by atoms with Crippen molar-refractivity contribution in [2.45, 2.75) is 19.5 Å². The second-order valence-electron chi connectivity index (χ2n) is 1.67. The van der Waals surface area contributed by atoms with Crippen LogP contribution in [0.15, 0.2) is 0 Å². The summed E-state index contributed by atoms with van der Waals surface area (Å²) in [5, 5.41) is 7.79. The number of hydrogen-bond acceptors (Lipinski definition) is 2. The number of halogens is 2. The fraction of sp³-hybridized carbons (Fsp3) is 0.800. The SMILES string of the molecule is CCCOC(F)(F)C(=O)O. The Morgan fingerprint density at radius 1 is 1.70 bits per heavy atom. The second kappa shape index (κ2) is 3.46. The molecule has 10 heavy (non-hydrogen) atoms. The largest absolute Gasteiger partial charge is 0.475 e. The van der Waals surface area contributed by atoms with E-state index in [1.54, 1.807) is 6.92 Å². The first-order valence-corrected chi connectivity index (χ1v) is 2.76. The van der Waals surface area contributed by atoms with Crippen molar-refractivity contribution in [2.24, 2.45) is 0 Å². The zero-order valence-electron chi connectivity index (χ0n) is 5.43. The number of rotatable bonds is 4. The van der Waals surface area contributed by atoms with Gasteiger partial charge in [-0.25, -0.2) is 4.79 Å². The average molecular weight is 154 g/mol. The van der Waals surface area contributed by atoms with Gasteiger partial charge in [0.2, 0.25) is 0 Å². The van der Waals surface area contributed by atoms with Crippen molar-refractivity contribution < 1.29 is 23.4 Å². The molecule has 0 rings (SSSR count). The van der Waals surface area contributed by atoms with E-state index in [0.29, 0.717) is 6.42 Å². The maximum absolute atomic E-state index is 11.9. The first-order chi connectivity index (χ1) is 4.50. The van der Waals surface area contributed by atoms with Gasteiger partial charge in [0.1, 0.15) is 0 Å². The van der Waals surface area contributed by atoms with Gasteiger partial charge in [0.05, 0.1) is 6.61 Å². The summed E-state index contributed by atoms with van der Waals surface area (Å²) in [5.41, 5.74) is 0. The van der Waals surface area contributed by atoms with Crippen molar-refractivity contribution in [2.75, 3.05) is 6.61 Å². The van der Waals surface area contributed by atoms with Crippen molar-refractivity contribution >= 4 is 5.97 Å².